The van der Waals surface area contributed by atoms with Crippen molar-refractivity contribution in [3.63, 3.8) is 0 Å². The van der Waals surface area contributed by atoms with Crippen molar-refractivity contribution in [1.82, 2.24) is 15.0 Å². The zero-order valence-corrected chi connectivity index (χ0v) is 41.6. The summed E-state index contributed by atoms with van der Waals surface area (Å²) in [5.41, 5.74) is 14.9. The highest BCUT2D eigenvalue weighted by Gasteiger charge is 2.36. The molecule has 0 amide bonds. The fourth-order valence-corrected chi connectivity index (χ4v) is 12.2. The van der Waals surface area contributed by atoms with E-state index in [1.165, 1.54) is 85.3 Å². The molecule has 1 saturated carbocycles. The third kappa shape index (κ3) is 8.46. The minimum atomic E-state index is -2.37. The van der Waals surface area contributed by atoms with Crippen molar-refractivity contribution in [2.75, 3.05) is 13.3 Å². The molecule has 348 valence electrons. The predicted molar refractivity (Wildman–Crippen MR) is 302 cm³/mol. The molecular weight excluding hydrogens is 894 g/mol. The second-order valence-corrected chi connectivity index (χ2v) is 22.9. The van der Waals surface area contributed by atoms with Gasteiger partial charge in [0.1, 0.15) is 7.14 Å². The fraction of sp³-hybridized carbons (Fsp3) is 0.119. The van der Waals surface area contributed by atoms with Gasteiger partial charge in [-0.1, -0.05) is 250 Å². The van der Waals surface area contributed by atoms with Crippen molar-refractivity contribution in [1.29, 1.82) is 0 Å². The minimum absolute atomic E-state index is 0.114. The molecule has 0 saturated heterocycles. The Labute approximate surface area is 422 Å². The average Bonchev–Trinajstić information content (AvgIpc) is 3.45. The number of benzene rings is 10. The van der Waals surface area contributed by atoms with E-state index < -0.39 is 7.14 Å². The van der Waals surface area contributed by atoms with E-state index in [2.05, 4.69) is 200 Å². The summed E-state index contributed by atoms with van der Waals surface area (Å²) in [7, 11) is -2.37. The second kappa shape index (κ2) is 18.9. The molecule has 1 heterocycles. The lowest BCUT2D eigenvalue weighted by Gasteiger charge is -2.39. The lowest BCUT2D eigenvalue weighted by atomic mass is 9.65. The van der Waals surface area contributed by atoms with Crippen LogP contribution in [0.3, 0.4) is 0 Å². The summed E-state index contributed by atoms with van der Waals surface area (Å²) in [4.78, 5) is 15.3. The van der Waals surface area contributed by atoms with Crippen LogP contribution in [0.5, 0.6) is 0 Å². The first kappa shape index (κ1) is 45.1. The van der Waals surface area contributed by atoms with Crippen LogP contribution in [-0.4, -0.2) is 28.3 Å². The molecule has 12 rings (SSSR count). The van der Waals surface area contributed by atoms with Crippen LogP contribution < -0.4 is 5.30 Å². The molecule has 4 nitrogen and oxygen atoms in total. The topological polar surface area (TPSA) is 55.7 Å². The first-order chi connectivity index (χ1) is 35.3. The van der Waals surface area contributed by atoms with Gasteiger partial charge in [0.2, 0.25) is 0 Å². The Kier molecular flexibility index (Phi) is 11.9. The quantitative estimate of drug-likeness (QED) is 0.101. The molecule has 0 unspecified atom stereocenters. The summed E-state index contributed by atoms with van der Waals surface area (Å²) in [6.07, 6.45) is 5.80. The standard InChI is InChI=1S/C67H54N3OP/c1-72(2,71)55-42-36-49(37-43-55)63-60-26-14-12-24-58(60)62(59-25-13-15-27-61(59)63)48-32-38-53(39-33-48)67(44-16-5-17-45-67)54-40-34-52(35-41-54)66-69-64(50-20-8-4-9-21-50)68-65(70-66)51-30-28-47(29-31-51)57-23-11-10-22-56(57)46-18-6-3-7-19-46/h3-4,6-15,18-43H,5,16-17,44-45H2,1-2H3. The molecule has 11 aromatic rings. The van der Waals surface area contributed by atoms with Crippen LogP contribution in [0.1, 0.15) is 43.2 Å². The minimum Gasteiger partial charge on any atom is -0.319 e. The van der Waals surface area contributed by atoms with E-state index in [4.69, 9.17) is 15.0 Å². The number of rotatable bonds is 10. The Morgan fingerprint density at radius 1 is 0.333 bits per heavy atom. The molecule has 0 spiro atoms. The summed E-state index contributed by atoms with van der Waals surface area (Å²) < 4.78 is 13.0. The van der Waals surface area contributed by atoms with E-state index in [-0.39, 0.29) is 5.41 Å². The Balaban J connectivity index is 0.892. The molecule has 1 aromatic heterocycles. The van der Waals surface area contributed by atoms with E-state index in [1.54, 1.807) is 0 Å². The van der Waals surface area contributed by atoms with Crippen LogP contribution in [-0.2, 0) is 9.98 Å². The van der Waals surface area contributed by atoms with Crippen LogP contribution in [0.15, 0.2) is 231 Å². The van der Waals surface area contributed by atoms with Crippen LogP contribution in [0.2, 0.25) is 0 Å². The van der Waals surface area contributed by atoms with E-state index >= 15 is 0 Å². The molecule has 10 aromatic carbocycles. The van der Waals surface area contributed by atoms with Gasteiger partial charge < -0.3 is 4.57 Å². The van der Waals surface area contributed by atoms with Crippen molar-refractivity contribution >= 4 is 34.0 Å². The second-order valence-electron chi connectivity index (χ2n) is 19.7. The van der Waals surface area contributed by atoms with Gasteiger partial charge in [-0.25, -0.2) is 15.0 Å². The van der Waals surface area contributed by atoms with Gasteiger partial charge in [-0.3, -0.25) is 0 Å². The molecule has 1 fully saturated rings. The highest BCUT2D eigenvalue weighted by Crippen LogP contribution is 2.48. The number of aromatic nitrogens is 3. The summed E-state index contributed by atoms with van der Waals surface area (Å²) in [6.45, 7) is 3.67. The fourth-order valence-electron chi connectivity index (χ4n) is 11.3. The first-order valence-corrected chi connectivity index (χ1v) is 27.8. The Bertz CT molecular complexity index is 3730. The summed E-state index contributed by atoms with van der Waals surface area (Å²) in [5.74, 6) is 1.95. The van der Waals surface area contributed by atoms with Gasteiger partial charge in [0.05, 0.1) is 0 Å². The molecule has 0 radical (unpaired) electrons. The first-order valence-electron chi connectivity index (χ1n) is 25.2. The van der Waals surface area contributed by atoms with Gasteiger partial charge in [0, 0.05) is 27.4 Å². The molecule has 5 heteroatoms. The maximum atomic E-state index is 13.0. The predicted octanol–water partition coefficient (Wildman–Crippen LogP) is 17.3. The van der Waals surface area contributed by atoms with Gasteiger partial charge in [0.15, 0.2) is 17.5 Å². The van der Waals surface area contributed by atoms with Crippen LogP contribution in [0, 0.1) is 0 Å². The zero-order valence-electron chi connectivity index (χ0n) is 40.7. The molecule has 0 bridgehead atoms. The highest BCUT2D eigenvalue weighted by molar-refractivity contribution is 7.70. The lowest BCUT2D eigenvalue weighted by Crippen LogP contribution is -2.30. The maximum absolute atomic E-state index is 13.0. The van der Waals surface area contributed by atoms with Gasteiger partial charge in [-0.05, 0) is 103 Å². The van der Waals surface area contributed by atoms with Crippen molar-refractivity contribution in [3.8, 4) is 78.7 Å². The number of fused-ring (bicyclic) bond motifs is 2. The molecular formula is C67H54N3OP. The Morgan fingerprint density at radius 3 is 1.08 bits per heavy atom. The number of hydrogen-bond donors (Lipinski definition) is 0. The van der Waals surface area contributed by atoms with E-state index in [0.29, 0.717) is 17.5 Å². The normalized spacial score (nSPS) is 13.6. The molecule has 0 N–H and O–H groups in total. The van der Waals surface area contributed by atoms with E-state index in [9.17, 15) is 4.57 Å². The SMILES string of the molecule is CP(C)(=O)c1ccc(-c2c3ccccc3c(-c3ccc(C4(c5ccc(-c6nc(-c7ccccc7)nc(-c7ccc(-c8ccccc8-c8ccccc8)cc7)n6)cc5)CCCCC4)cc3)c3ccccc23)cc1. The highest BCUT2D eigenvalue weighted by atomic mass is 31.2. The van der Waals surface area contributed by atoms with Gasteiger partial charge >= 0.3 is 0 Å². The van der Waals surface area contributed by atoms with Crippen LogP contribution in [0.4, 0.5) is 0 Å². The maximum Gasteiger partial charge on any atom is 0.164 e. The molecule has 1 aliphatic carbocycles. The monoisotopic (exact) mass is 947 g/mol. The van der Waals surface area contributed by atoms with Gasteiger partial charge in [-0.15, -0.1) is 0 Å². The zero-order chi connectivity index (χ0) is 48.7. The third-order valence-electron chi connectivity index (χ3n) is 15.0. The van der Waals surface area contributed by atoms with Crippen molar-refractivity contribution in [3.05, 3.63) is 242 Å². The van der Waals surface area contributed by atoms with Crippen molar-refractivity contribution in [2.45, 2.75) is 37.5 Å². The number of hydrogen-bond acceptors (Lipinski definition) is 4. The van der Waals surface area contributed by atoms with Crippen molar-refractivity contribution in [2.24, 2.45) is 0 Å². The van der Waals surface area contributed by atoms with Gasteiger partial charge in [0.25, 0.3) is 0 Å². The average molecular weight is 948 g/mol. The molecule has 0 atom stereocenters. The largest absolute Gasteiger partial charge is 0.319 e. The van der Waals surface area contributed by atoms with Crippen LogP contribution >= 0.6 is 7.14 Å². The van der Waals surface area contributed by atoms with Crippen molar-refractivity contribution < 1.29 is 4.57 Å². The summed E-state index contributed by atoms with van der Waals surface area (Å²) in [6, 6.07) is 82.5. The third-order valence-corrected chi connectivity index (χ3v) is 16.5. The van der Waals surface area contributed by atoms with E-state index in [1.807, 2.05) is 43.7 Å². The molecule has 1 aliphatic rings. The number of nitrogens with zero attached hydrogens (tertiary/aromatic N) is 3. The molecule has 72 heavy (non-hydrogen) atoms. The Morgan fingerprint density at radius 2 is 0.653 bits per heavy atom. The van der Waals surface area contributed by atoms with E-state index in [0.717, 1.165) is 46.0 Å². The molecule has 0 aliphatic heterocycles. The Hall–Kier alpha value is -8.04. The van der Waals surface area contributed by atoms with Gasteiger partial charge in [-0.2, -0.15) is 0 Å². The lowest BCUT2D eigenvalue weighted by molar-refractivity contribution is 0.346. The van der Waals surface area contributed by atoms with Crippen LogP contribution in [0.25, 0.3) is 100 Å². The summed E-state index contributed by atoms with van der Waals surface area (Å²) >= 11 is 0. The summed E-state index contributed by atoms with van der Waals surface area (Å²) in [5, 5.41) is 5.77. The smallest absolute Gasteiger partial charge is 0.164 e.